The van der Waals surface area contributed by atoms with Gasteiger partial charge in [0.05, 0.1) is 24.5 Å². The maximum atomic E-state index is 14.5. The van der Waals surface area contributed by atoms with Crippen LogP contribution < -0.4 is 15.5 Å². The fourth-order valence-electron chi connectivity index (χ4n) is 3.31. The van der Waals surface area contributed by atoms with E-state index in [9.17, 15) is 17.6 Å². The first-order valence-electron chi connectivity index (χ1n) is 10.1. The van der Waals surface area contributed by atoms with Gasteiger partial charge in [0.2, 0.25) is 0 Å². The zero-order chi connectivity index (χ0) is 22.3. The third kappa shape index (κ3) is 7.51. The lowest BCUT2D eigenvalue weighted by Gasteiger charge is -2.29. The Morgan fingerprint density at radius 2 is 1.69 bits per heavy atom. The lowest BCUT2D eigenvalue weighted by Crippen LogP contribution is -2.38. The van der Waals surface area contributed by atoms with E-state index in [1.807, 2.05) is 11.0 Å². The summed E-state index contributed by atoms with van der Waals surface area (Å²) in [4.78, 5) is 6.09. The Balaban J connectivity index is 0.00000363. The van der Waals surface area contributed by atoms with Gasteiger partial charge in [-0.1, -0.05) is 18.2 Å². The number of benzene rings is 2. The van der Waals surface area contributed by atoms with Gasteiger partial charge in [-0.05, 0) is 41.8 Å². The van der Waals surface area contributed by atoms with Gasteiger partial charge in [-0.2, -0.15) is 13.2 Å². The van der Waals surface area contributed by atoms with E-state index in [2.05, 4.69) is 15.6 Å². The second kappa shape index (κ2) is 12.2. The molecule has 10 heteroatoms. The minimum atomic E-state index is -4.33. The summed E-state index contributed by atoms with van der Waals surface area (Å²) in [6, 6.07) is 10.3. The molecule has 3 rings (SSSR count). The zero-order valence-electron chi connectivity index (χ0n) is 17.7. The van der Waals surface area contributed by atoms with E-state index >= 15 is 0 Å². The van der Waals surface area contributed by atoms with Crippen molar-refractivity contribution in [1.29, 1.82) is 0 Å². The van der Waals surface area contributed by atoms with Crippen LogP contribution in [-0.4, -0.2) is 45.9 Å². The number of rotatable bonds is 6. The second-order valence-corrected chi connectivity index (χ2v) is 7.18. The summed E-state index contributed by atoms with van der Waals surface area (Å²) in [5.41, 5.74) is 1.48. The SMILES string of the molecule is CN=C(NCCc1ccc(C(F)(F)F)cc1)NCc1ccc(N2CCOCC2)c(F)c1.I. The number of nitrogens with zero attached hydrogens (tertiary/aromatic N) is 2. The van der Waals surface area contributed by atoms with Crippen LogP contribution in [-0.2, 0) is 23.9 Å². The summed E-state index contributed by atoms with van der Waals surface area (Å²) >= 11 is 0. The lowest BCUT2D eigenvalue weighted by atomic mass is 10.1. The van der Waals surface area contributed by atoms with Crippen LogP contribution in [0.15, 0.2) is 47.5 Å². The van der Waals surface area contributed by atoms with Crippen LogP contribution in [0.5, 0.6) is 0 Å². The number of guanidine groups is 1. The molecule has 2 aromatic carbocycles. The molecule has 1 aliphatic rings. The summed E-state index contributed by atoms with van der Waals surface area (Å²) in [6.07, 6.45) is -3.79. The summed E-state index contributed by atoms with van der Waals surface area (Å²) in [5, 5.41) is 6.23. The Morgan fingerprint density at radius 1 is 1.03 bits per heavy atom. The molecule has 0 amide bonds. The molecule has 0 aliphatic carbocycles. The fourth-order valence-corrected chi connectivity index (χ4v) is 3.31. The van der Waals surface area contributed by atoms with Crippen LogP contribution >= 0.6 is 24.0 Å². The monoisotopic (exact) mass is 566 g/mol. The van der Waals surface area contributed by atoms with Crippen molar-refractivity contribution in [3.8, 4) is 0 Å². The average Bonchev–Trinajstić information content (AvgIpc) is 2.76. The number of halogens is 5. The third-order valence-corrected chi connectivity index (χ3v) is 5.03. The van der Waals surface area contributed by atoms with E-state index in [1.54, 1.807) is 13.1 Å². The van der Waals surface area contributed by atoms with E-state index < -0.39 is 11.7 Å². The first kappa shape index (κ1) is 26.2. The Bertz CT molecular complexity index is 884. The fraction of sp³-hybridized carbons (Fsp3) is 0.409. The molecule has 2 aromatic rings. The summed E-state index contributed by atoms with van der Waals surface area (Å²) in [6.45, 7) is 3.41. The molecule has 0 radical (unpaired) electrons. The highest BCUT2D eigenvalue weighted by Crippen LogP contribution is 2.29. The third-order valence-electron chi connectivity index (χ3n) is 5.03. The molecule has 2 N–H and O–H groups in total. The molecule has 0 atom stereocenters. The molecule has 0 saturated carbocycles. The lowest BCUT2D eigenvalue weighted by molar-refractivity contribution is -0.137. The smallest absolute Gasteiger partial charge is 0.378 e. The number of alkyl halides is 3. The maximum absolute atomic E-state index is 14.5. The van der Waals surface area contributed by atoms with Gasteiger partial charge in [-0.15, -0.1) is 24.0 Å². The highest BCUT2D eigenvalue weighted by Gasteiger charge is 2.29. The van der Waals surface area contributed by atoms with E-state index in [-0.39, 0.29) is 29.8 Å². The molecular formula is C22H27F4IN4O. The van der Waals surface area contributed by atoms with Crippen LogP contribution in [0, 0.1) is 5.82 Å². The van der Waals surface area contributed by atoms with Gasteiger partial charge in [0, 0.05) is 33.2 Å². The van der Waals surface area contributed by atoms with Crippen molar-refractivity contribution < 1.29 is 22.3 Å². The number of aliphatic imine (C=N–C) groups is 1. The van der Waals surface area contributed by atoms with E-state index in [1.165, 1.54) is 18.2 Å². The highest BCUT2D eigenvalue weighted by atomic mass is 127. The highest BCUT2D eigenvalue weighted by molar-refractivity contribution is 14.0. The maximum Gasteiger partial charge on any atom is 0.416 e. The van der Waals surface area contributed by atoms with Crippen molar-refractivity contribution in [2.24, 2.45) is 4.99 Å². The minimum absolute atomic E-state index is 0. The van der Waals surface area contributed by atoms with Crippen molar-refractivity contribution in [2.75, 3.05) is 44.8 Å². The first-order valence-corrected chi connectivity index (χ1v) is 10.1. The quantitative estimate of drug-likeness (QED) is 0.238. The summed E-state index contributed by atoms with van der Waals surface area (Å²) in [5.74, 6) is 0.260. The standard InChI is InChI=1S/C22H26F4N4O.HI/c1-27-21(28-9-8-16-2-5-18(6-3-16)22(24,25)26)29-15-17-4-7-20(19(23)14-17)30-10-12-31-13-11-30;/h2-7,14H,8-13,15H2,1H3,(H2,27,28,29);1H. The molecule has 1 saturated heterocycles. The van der Waals surface area contributed by atoms with Crippen molar-refractivity contribution in [2.45, 2.75) is 19.1 Å². The van der Waals surface area contributed by atoms with Crippen molar-refractivity contribution in [3.05, 3.63) is 65.0 Å². The van der Waals surface area contributed by atoms with Crippen molar-refractivity contribution >= 4 is 35.6 Å². The summed E-state index contributed by atoms with van der Waals surface area (Å²) < 4.78 is 57.7. The first-order chi connectivity index (χ1) is 14.9. The number of hydrogen-bond acceptors (Lipinski definition) is 3. The van der Waals surface area contributed by atoms with Gasteiger partial charge in [0.1, 0.15) is 5.82 Å². The van der Waals surface area contributed by atoms with Gasteiger partial charge in [-0.3, -0.25) is 4.99 Å². The molecule has 1 heterocycles. The minimum Gasteiger partial charge on any atom is -0.378 e. The number of hydrogen-bond donors (Lipinski definition) is 2. The predicted molar refractivity (Wildman–Crippen MR) is 128 cm³/mol. The number of morpholine rings is 1. The van der Waals surface area contributed by atoms with Crippen LogP contribution in [0.2, 0.25) is 0 Å². The van der Waals surface area contributed by atoms with Gasteiger partial charge >= 0.3 is 6.18 Å². The number of ether oxygens (including phenoxy) is 1. The second-order valence-electron chi connectivity index (χ2n) is 7.18. The number of nitrogens with one attached hydrogen (secondary N) is 2. The van der Waals surface area contributed by atoms with Gasteiger partial charge in [0.25, 0.3) is 0 Å². The molecule has 0 spiro atoms. The topological polar surface area (TPSA) is 48.9 Å². The largest absolute Gasteiger partial charge is 0.416 e. The van der Waals surface area contributed by atoms with E-state index in [4.69, 9.17) is 4.74 Å². The molecule has 1 fully saturated rings. The van der Waals surface area contributed by atoms with Gasteiger partial charge in [-0.25, -0.2) is 4.39 Å². The molecule has 0 unspecified atom stereocenters. The zero-order valence-corrected chi connectivity index (χ0v) is 20.0. The van der Waals surface area contributed by atoms with Crippen LogP contribution in [0.1, 0.15) is 16.7 Å². The Labute approximate surface area is 202 Å². The van der Waals surface area contributed by atoms with E-state index in [0.717, 1.165) is 23.3 Å². The van der Waals surface area contributed by atoms with Crippen molar-refractivity contribution in [3.63, 3.8) is 0 Å². The summed E-state index contributed by atoms with van der Waals surface area (Å²) in [7, 11) is 1.62. The Hall–Kier alpha value is -2.08. The molecule has 0 bridgehead atoms. The Kier molecular flexibility index (Phi) is 10.0. The molecule has 0 aromatic heterocycles. The van der Waals surface area contributed by atoms with Crippen LogP contribution in [0.4, 0.5) is 23.2 Å². The number of anilines is 1. The van der Waals surface area contributed by atoms with Gasteiger partial charge < -0.3 is 20.3 Å². The van der Waals surface area contributed by atoms with Crippen LogP contribution in [0.25, 0.3) is 0 Å². The molecule has 176 valence electrons. The molecule has 1 aliphatic heterocycles. The van der Waals surface area contributed by atoms with Crippen LogP contribution in [0.3, 0.4) is 0 Å². The predicted octanol–water partition coefficient (Wildman–Crippen LogP) is 4.21. The van der Waals surface area contributed by atoms with Gasteiger partial charge in [0.15, 0.2) is 5.96 Å². The van der Waals surface area contributed by atoms with Crippen molar-refractivity contribution in [1.82, 2.24) is 10.6 Å². The molecular weight excluding hydrogens is 539 g/mol. The Morgan fingerprint density at radius 3 is 2.28 bits per heavy atom. The normalized spacial score (nSPS) is 14.7. The molecule has 5 nitrogen and oxygen atoms in total. The van der Waals surface area contributed by atoms with E-state index in [0.29, 0.717) is 57.5 Å². The molecule has 32 heavy (non-hydrogen) atoms. The average molecular weight is 566 g/mol.